The molecule has 0 spiro atoms. The molecule has 5 nitrogen and oxygen atoms in total. The third-order valence-corrected chi connectivity index (χ3v) is 3.79. The molecule has 0 aliphatic carbocycles. The minimum absolute atomic E-state index is 0. The standard InChI is InChI=1S/C19H23N3O2.ClH/c1-13-4-8-15(9-5-13)18(20)19(24)22(3)12-17(23)21-16-10-6-14(2)7-11-16;/h4-11,18H,12,20H2,1-3H3,(H,21,23);1H. The maximum Gasteiger partial charge on any atom is 0.244 e. The Hall–Kier alpha value is -2.37. The number of amides is 2. The molecule has 0 aliphatic heterocycles. The molecule has 2 aromatic rings. The molecule has 2 amide bonds. The van der Waals surface area contributed by atoms with E-state index in [1.165, 1.54) is 4.90 Å². The molecule has 6 heteroatoms. The zero-order chi connectivity index (χ0) is 17.7. The van der Waals surface area contributed by atoms with Gasteiger partial charge in [0.1, 0.15) is 6.04 Å². The van der Waals surface area contributed by atoms with Gasteiger partial charge in [-0.2, -0.15) is 0 Å². The summed E-state index contributed by atoms with van der Waals surface area (Å²) in [7, 11) is 1.57. The summed E-state index contributed by atoms with van der Waals surface area (Å²) in [5.74, 6) is -0.552. The number of aryl methyl sites for hydroxylation is 2. The van der Waals surface area contributed by atoms with Crippen molar-refractivity contribution in [2.24, 2.45) is 5.73 Å². The fourth-order valence-electron chi connectivity index (χ4n) is 2.28. The van der Waals surface area contributed by atoms with E-state index in [0.29, 0.717) is 5.69 Å². The second-order valence-corrected chi connectivity index (χ2v) is 6.00. The molecular weight excluding hydrogens is 338 g/mol. The number of likely N-dealkylation sites (N-methyl/N-ethyl adjacent to an activating group) is 1. The molecule has 1 unspecified atom stereocenters. The van der Waals surface area contributed by atoms with Crippen molar-refractivity contribution in [3.63, 3.8) is 0 Å². The number of anilines is 1. The van der Waals surface area contributed by atoms with Crippen LogP contribution in [-0.4, -0.2) is 30.3 Å². The van der Waals surface area contributed by atoms with E-state index in [1.807, 2.05) is 62.4 Å². The van der Waals surface area contributed by atoms with Crippen LogP contribution in [-0.2, 0) is 9.59 Å². The summed E-state index contributed by atoms with van der Waals surface area (Å²) in [4.78, 5) is 25.8. The first kappa shape index (κ1) is 20.7. The molecule has 1 atom stereocenters. The molecule has 0 heterocycles. The number of hydrogen-bond donors (Lipinski definition) is 2. The van der Waals surface area contributed by atoms with Crippen molar-refractivity contribution in [1.29, 1.82) is 0 Å². The number of halogens is 1. The molecule has 0 bridgehead atoms. The first-order chi connectivity index (χ1) is 11.4. The predicted molar refractivity (Wildman–Crippen MR) is 103 cm³/mol. The molecule has 2 rings (SSSR count). The zero-order valence-electron chi connectivity index (χ0n) is 14.7. The highest BCUT2D eigenvalue weighted by atomic mass is 35.5. The van der Waals surface area contributed by atoms with Gasteiger partial charge in [0.2, 0.25) is 11.8 Å². The smallest absolute Gasteiger partial charge is 0.244 e. The van der Waals surface area contributed by atoms with E-state index in [2.05, 4.69) is 5.32 Å². The van der Waals surface area contributed by atoms with Crippen LogP contribution in [0.4, 0.5) is 5.69 Å². The molecule has 0 aromatic heterocycles. The van der Waals surface area contributed by atoms with Gasteiger partial charge in [-0.05, 0) is 31.5 Å². The summed E-state index contributed by atoms with van der Waals surface area (Å²) in [5.41, 5.74) is 9.66. The molecule has 134 valence electrons. The second-order valence-electron chi connectivity index (χ2n) is 6.00. The lowest BCUT2D eigenvalue weighted by molar-refractivity contribution is -0.134. The molecule has 0 radical (unpaired) electrons. The third kappa shape index (κ3) is 5.89. The van der Waals surface area contributed by atoms with Gasteiger partial charge < -0.3 is 16.0 Å². The summed E-state index contributed by atoms with van der Waals surface area (Å²) in [5, 5.41) is 2.77. The van der Waals surface area contributed by atoms with E-state index in [-0.39, 0.29) is 30.8 Å². The van der Waals surface area contributed by atoms with Crippen LogP contribution >= 0.6 is 12.4 Å². The van der Waals surface area contributed by atoms with E-state index in [4.69, 9.17) is 5.73 Å². The monoisotopic (exact) mass is 361 g/mol. The Kier molecular flexibility index (Phi) is 7.61. The number of nitrogens with zero attached hydrogens (tertiary/aromatic N) is 1. The molecule has 0 aliphatic rings. The molecule has 3 N–H and O–H groups in total. The average Bonchev–Trinajstić information content (AvgIpc) is 2.56. The van der Waals surface area contributed by atoms with Gasteiger partial charge in [0, 0.05) is 12.7 Å². The van der Waals surface area contributed by atoms with Gasteiger partial charge in [-0.25, -0.2) is 0 Å². The maximum absolute atomic E-state index is 12.4. The lowest BCUT2D eigenvalue weighted by atomic mass is 10.0. The summed E-state index contributed by atoms with van der Waals surface area (Å²) in [6.07, 6.45) is 0. The normalized spacial score (nSPS) is 11.2. The predicted octanol–water partition coefficient (Wildman–Crippen LogP) is 2.82. The molecule has 25 heavy (non-hydrogen) atoms. The minimum Gasteiger partial charge on any atom is -0.335 e. The zero-order valence-corrected chi connectivity index (χ0v) is 15.5. The van der Waals surface area contributed by atoms with Gasteiger partial charge in [-0.15, -0.1) is 12.4 Å². The molecular formula is C19H24ClN3O2. The number of nitrogens with two attached hydrogens (primary N) is 1. The highest BCUT2D eigenvalue weighted by Crippen LogP contribution is 2.14. The van der Waals surface area contributed by atoms with Crippen LogP contribution in [0.25, 0.3) is 0 Å². The second kappa shape index (κ2) is 9.20. The van der Waals surface area contributed by atoms with E-state index in [9.17, 15) is 9.59 Å². The first-order valence-corrected chi connectivity index (χ1v) is 7.80. The van der Waals surface area contributed by atoms with Gasteiger partial charge in [0.15, 0.2) is 0 Å². The van der Waals surface area contributed by atoms with Crippen molar-refractivity contribution < 1.29 is 9.59 Å². The molecule has 0 saturated carbocycles. The van der Waals surface area contributed by atoms with Crippen LogP contribution < -0.4 is 11.1 Å². The van der Waals surface area contributed by atoms with Gasteiger partial charge in [-0.1, -0.05) is 47.5 Å². The summed E-state index contributed by atoms with van der Waals surface area (Å²) >= 11 is 0. The van der Waals surface area contributed by atoms with Gasteiger partial charge in [0.05, 0.1) is 6.54 Å². The Balaban J connectivity index is 0.00000312. The Morgan fingerprint density at radius 3 is 2.00 bits per heavy atom. The number of rotatable bonds is 5. The fraction of sp³-hybridized carbons (Fsp3) is 0.263. The number of carbonyl (C=O) groups excluding carboxylic acids is 2. The summed E-state index contributed by atoms with van der Waals surface area (Å²) < 4.78 is 0. The summed E-state index contributed by atoms with van der Waals surface area (Å²) in [6, 6.07) is 14.2. The fourth-order valence-corrected chi connectivity index (χ4v) is 2.28. The lowest BCUT2D eigenvalue weighted by Gasteiger charge is -2.21. The number of carbonyl (C=O) groups is 2. The van der Waals surface area contributed by atoms with Crippen LogP contribution in [0.1, 0.15) is 22.7 Å². The Morgan fingerprint density at radius 1 is 1.00 bits per heavy atom. The topological polar surface area (TPSA) is 75.4 Å². The Bertz CT molecular complexity index is 714. The van der Waals surface area contributed by atoms with Crippen LogP contribution in [0, 0.1) is 13.8 Å². The van der Waals surface area contributed by atoms with Crippen molar-refractivity contribution in [3.05, 3.63) is 65.2 Å². The van der Waals surface area contributed by atoms with Crippen molar-refractivity contribution in [2.45, 2.75) is 19.9 Å². The van der Waals surface area contributed by atoms with E-state index < -0.39 is 6.04 Å². The van der Waals surface area contributed by atoms with Crippen LogP contribution in [0.3, 0.4) is 0 Å². The largest absolute Gasteiger partial charge is 0.335 e. The van der Waals surface area contributed by atoms with Gasteiger partial charge >= 0.3 is 0 Å². The van der Waals surface area contributed by atoms with Gasteiger partial charge in [-0.3, -0.25) is 9.59 Å². The molecule has 0 fully saturated rings. The highest BCUT2D eigenvalue weighted by molar-refractivity contribution is 5.95. The van der Waals surface area contributed by atoms with Crippen LogP contribution in [0.2, 0.25) is 0 Å². The van der Waals surface area contributed by atoms with E-state index in [0.717, 1.165) is 16.7 Å². The van der Waals surface area contributed by atoms with Crippen LogP contribution in [0.5, 0.6) is 0 Å². The molecule has 0 saturated heterocycles. The number of nitrogens with one attached hydrogen (secondary N) is 1. The van der Waals surface area contributed by atoms with Gasteiger partial charge in [0.25, 0.3) is 0 Å². The number of benzene rings is 2. The summed E-state index contributed by atoms with van der Waals surface area (Å²) in [6.45, 7) is 3.90. The van der Waals surface area contributed by atoms with Crippen molar-refractivity contribution in [2.75, 3.05) is 18.9 Å². The maximum atomic E-state index is 12.4. The quantitative estimate of drug-likeness (QED) is 0.859. The Labute approximate surface area is 154 Å². The van der Waals surface area contributed by atoms with E-state index in [1.54, 1.807) is 7.05 Å². The lowest BCUT2D eigenvalue weighted by Crippen LogP contribution is -2.40. The average molecular weight is 362 g/mol. The number of hydrogen-bond acceptors (Lipinski definition) is 3. The Morgan fingerprint density at radius 2 is 1.48 bits per heavy atom. The van der Waals surface area contributed by atoms with E-state index >= 15 is 0 Å². The minimum atomic E-state index is -0.775. The van der Waals surface area contributed by atoms with Crippen LogP contribution in [0.15, 0.2) is 48.5 Å². The van der Waals surface area contributed by atoms with Crippen molar-refractivity contribution in [3.8, 4) is 0 Å². The third-order valence-electron chi connectivity index (χ3n) is 3.79. The first-order valence-electron chi connectivity index (χ1n) is 7.80. The SMILES string of the molecule is Cc1ccc(NC(=O)CN(C)C(=O)C(N)c2ccc(C)cc2)cc1.Cl. The van der Waals surface area contributed by atoms with Crippen molar-refractivity contribution >= 4 is 29.9 Å². The highest BCUT2D eigenvalue weighted by Gasteiger charge is 2.21. The molecule has 2 aromatic carbocycles. The van der Waals surface area contributed by atoms with Crippen molar-refractivity contribution in [1.82, 2.24) is 4.90 Å².